The molecule has 1 heterocycles. The molecule has 3 aromatic rings. The predicted molar refractivity (Wildman–Crippen MR) is 118 cm³/mol. The molecule has 0 amide bonds. The molecule has 0 radical (unpaired) electrons. The summed E-state index contributed by atoms with van der Waals surface area (Å²) in [7, 11) is 0. The van der Waals surface area contributed by atoms with Crippen LogP contribution in [0.2, 0.25) is 0 Å². The smallest absolute Gasteiger partial charge is 0.372 e. The zero-order valence-electron chi connectivity index (χ0n) is 17.4. The predicted octanol–water partition coefficient (Wildman–Crippen LogP) is 6.82. The van der Waals surface area contributed by atoms with Gasteiger partial charge in [0.15, 0.2) is 5.78 Å². The Morgan fingerprint density at radius 1 is 0.788 bits per heavy atom. The standard InChI is InChI=1S/C26H20F4N2O/c27-19-11-7-15(8-12-19)17-13-22-24(23(33)14-17)25(32-21-4-2-1-3-20(21)31-22)16-5-9-18(10-6-16)26(28,29)30/h1-12,17,25,31-32H,13-14H2/t17-,25-/m1/s1. The normalized spacial score (nSPS) is 20.3. The summed E-state index contributed by atoms with van der Waals surface area (Å²) in [6.07, 6.45) is -3.67. The minimum atomic E-state index is -4.43. The number of anilines is 2. The fraction of sp³-hybridized carbons (Fsp3) is 0.192. The van der Waals surface area contributed by atoms with Crippen LogP contribution >= 0.6 is 0 Å². The number of carbonyl (C=O) groups excluding carboxylic acids is 1. The summed E-state index contributed by atoms with van der Waals surface area (Å²) in [4.78, 5) is 13.4. The molecule has 7 heteroatoms. The lowest BCUT2D eigenvalue weighted by atomic mass is 9.78. The van der Waals surface area contributed by atoms with E-state index in [1.54, 1.807) is 12.1 Å². The third-order valence-corrected chi connectivity index (χ3v) is 6.22. The van der Waals surface area contributed by atoms with Crippen LogP contribution in [0.1, 0.15) is 41.5 Å². The highest BCUT2D eigenvalue weighted by Gasteiger charge is 2.36. The van der Waals surface area contributed by atoms with Crippen LogP contribution in [0, 0.1) is 5.82 Å². The van der Waals surface area contributed by atoms with Crippen molar-refractivity contribution in [3.05, 3.63) is 107 Å². The third kappa shape index (κ3) is 4.11. The Morgan fingerprint density at radius 2 is 1.42 bits per heavy atom. The summed E-state index contributed by atoms with van der Waals surface area (Å²) in [5.74, 6) is -0.556. The minimum absolute atomic E-state index is 0.0942. The van der Waals surface area contributed by atoms with E-state index in [1.165, 1.54) is 24.3 Å². The van der Waals surface area contributed by atoms with Gasteiger partial charge in [-0.3, -0.25) is 4.79 Å². The van der Waals surface area contributed by atoms with Crippen LogP contribution in [0.15, 0.2) is 84.1 Å². The highest BCUT2D eigenvalue weighted by Crippen LogP contribution is 2.44. The topological polar surface area (TPSA) is 41.1 Å². The van der Waals surface area contributed by atoms with Crippen LogP contribution in [0.25, 0.3) is 0 Å². The molecule has 0 unspecified atom stereocenters. The fourth-order valence-electron chi connectivity index (χ4n) is 4.58. The zero-order valence-corrected chi connectivity index (χ0v) is 17.4. The molecule has 33 heavy (non-hydrogen) atoms. The fourth-order valence-corrected chi connectivity index (χ4v) is 4.58. The van der Waals surface area contributed by atoms with Crippen molar-refractivity contribution in [2.45, 2.75) is 31.0 Å². The Kier molecular flexibility index (Phi) is 5.19. The van der Waals surface area contributed by atoms with E-state index in [1.807, 2.05) is 24.3 Å². The van der Waals surface area contributed by atoms with Crippen molar-refractivity contribution in [3.8, 4) is 0 Å². The van der Waals surface area contributed by atoms with E-state index in [2.05, 4.69) is 10.6 Å². The molecule has 1 aliphatic heterocycles. The molecule has 5 rings (SSSR count). The van der Waals surface area contributed by atoms with Gasteiger partial charge in [0.05, 0.1) is 23.0 Å². The number of halogens is 4. The summed E-state index contributed by atoms with van der Waals surface area (Å²) in [5, 5.41) is 6.73. The average molecular weight is 452 g/mol. The maximum Gasteiger partial charge on any atom is 0.416 e. The molecule has 2 aliphatic rings. The summed E-state index contributed by atoms with van der Waals surface area (Å²) in [5.41, 5.74) is 3.48. The van der Waals surface area contributed by atoms with Gasteiger partial charge in [-0.2, -0.15) is 13.2 Å². The van der Waals surface area contributed by atoms with Gasteiger partial charge in [-0.25, -0.2) is 4.39 Å². The number of para-hydroxylation sites is 2. The van der Waals surface area contributed by atoms with Gasteiger partial charge in [-0.1, -0.05) is 36.4 Å². The van der Waals surface area contributed by atoms with Gasteiger partial charge in [0.25, 0.3) is 0 Å². The molecule has 2 atom stereocenters. The zero-order chi connectivity index (χ0) is 23.2. The first-order valence-corrected chi connectivity index (χ1v) is 10.6. The number of benzene rings is 3. The molecule has 0 saturated heterocycles. The Bertz CT molecular complexity index is 1230. The lowest BCUT2D eigenvalue weighted by Crippen LogP contribution is -2.27. The van der Waals surface area contributed by atoms with E-state index >= 15 is 0 Å². The van der Waals surface area contributed by atoms with Crippen LogP contribution in [0.4, 0.5) is 28.9 Å². The van der Waals surface area contributed by atoms with Gasteiger partial charge in [0, 0.05) is 17.7 Å². The van der Waals surface area contributed by atoms with Crippen molar-refractivity contribution in [2.75, 3.05) is 10.6 Å². The Morgan fingerprint density at radius 3 is 2.09 bits per heavy atom. The van der Waals surface area contributed by atoms with E-state index in [0.29, 0.717) is 17.6 Å². The van der Waals surface area contributed by atoms with Gasteiger partial charge in [0.2, 0.25) is 0 Å². The van der Waals surface area contributed by atoms with Gasteiger partial charge in [-0.05, 0) is 59.9 Å². The van der Waals surface area contributed by atoms with Crippen molar-refractivity contribution in [2.24, 2.45) is 0 Å². The molecular formula is C26H20F4N2O. The number of hydrogen-bond donors (Lipinski definition) is 2. The number of rotatable bonds is 2. The lowest BCUT2D eigenvalue weighted by molar-refractivity contribution is -0.137. The van der Waals surface area contributed by atoms with Crippen LogP contribution in [-0.2, 0) is 11.0 Å². The van der Waals surface area contributed by atoms with Gasteiger partial charge in [-0.15, -0.1) is 0 Å². The molecular weight excluding hydrogens is 432 g/mol. The highest BCUT2D eigenvalue weighted by atomic mass is 19.4. The number of Topliss-reactive ketones (excluding diaryl/α,β-unsaturated/α-hetero) is 1. The molecule has 0 fully saturated rings. The van der Waals surface area contributed by atoms with E-state index in [0.717, 1.165) is 34.8 Å². The lowest BCUT2D eigenvalue weighted by Gasteiger charge is -2.30. The summed E-state index contributed by atoms with van der Waals surface area (Å²) >= 11 is 0. The van der Waals surface area contributed by atoms with Gasteiger partial charge < -0.3 is 10.6 Å². The van der Waals surface area contributed by atoms with Crippen molar-refractivity contribution in [3.63, 3.8) is 0 Å². The van der Waals surface area contributed by atoms with Crippen LogP contribution < -0.4 is 10.6 Å². The Hall–Kier alpha value is -3.61. The molecule has 168 valence electrons. The molecule has 0 saturated carbocycles. The van der Waals surface area contributed by atoms with Gasteiger partial charge in [0.1, 0.15) is 5.82 Å². The monoisotopic (exact) mass is 452 g/mol. The number of ketones is 1. The number of hydrogen-bond acceptors (Lipinski definition) is 3. The summed E-state index contributed by atoms with van der Waals surface area (Å²) in [6.45, 7) is 0. The second kappa shape index (κ2) is 8.06. The summed E-state index contributed by atoms with van der Waals surface area (Å²) < 4.78 is 52.6. The van der Waals surface area contributed by atoms with Crippen LogP contribution in [-0.4, -0.2) is 5.78 Å². The number of nitrogens with one attached hydrogen (secondary N) is 2. The third-order valence-electron chi connectivity index (χ3n) is 6.22. The number of alkyl halides is 3. The second-order valence-corrected chi connectivity index (χ2v) is 8.34. The first-order chi connectivity index (χ1) is 15.8. The maximum atomic E-state index is 13.4. The van der Waals surface area contributed by atoms with E-state index in [4.69, 9.17) is 0 Å². The van der Waals surface area contributed by atoms with Crippen molar-refractivity contribution < 1.29 is 22.4 Å². The van der Waals surface area contributed by atoms with Gasteiger partial charge >= 0.3 is 6.18 Å². The quantitative estimate of drug-likeness (QED) is 0.419. The van der Waals surface area contributed by atoms with E-state index < -0.39 is 17.8 Å². The first kappa shape index (κ1) is 21.2. The van der Waals surface area contributed by atoms with E-state index in [-0.39, 0.29) is 23.9 Å². The SMILES string of the molecule is O=C1C[C@H](c2ccc(F)cc2)CC2=C1[C@@H](c1ccc(C(F)(F)F)cc1)Nc1ccccc1N2. The molecule has 1 aliphatic carbocycles. The number of fused-ring (bicyclic) bond motifs is 1. The first-order valence-electron chi connectivity index (χ1n) is 10.6. The minimum Gasteiger partial charge on any atom is -0.372 e. The van der Waals surface area contributed by atoms with Crippen molar-refractivity contribution in [1.82, 2.24) is 0 Å². The molecule has 3 nitrogen and oxygen atoms in total. The molecule has 0 aromatic heterocycles. The largest absolute Gasteiger partial charge is 0.416 e. The Labute approximate surface area is 188 Å². The number of allylic oxidation sites excluding steroid dienone is 1. The maximum absolute atomic E-state index is 13.4. The molecule has 3 aromatic carbocycles. The van der Waals surface area contributed by atoms with E-state index in [9.17, 15) is 22.4 Å². The van der Waals surface area contributed by atoms with Crippen molar-refractivity contribution >= 4 is 17.2 Å². The van der Waals surface area contributed by atoms with Crippen LogP contribution in [0.5, 0.6) is 0 Å². The molecule has 0 spiro atoms. The highest BCUT2D eigenvalue weighted by molar-refractivity contribution is 6.01. The average Bonchev–Trinajstić information content (AvgIpc) is 2.96. The molecule has 2 N–H and O–H groups in total. The molecule has 0 bridgehead atoms. The Balaban J connectivity index is 1.57. The number of carbonyl (C=O) groups is 1. The van der Waals surface area contributed by atoms with Crippen LogP contribution in [0.3, 0.4) is 0 Å². The second-order valence-electron chi connectivity index (χ2n) is 8.34. The summed E-state index contributed by atoms with van der Waals surface area (Å²) in [6, 6.07) is 17.9. The van der Waals surface area contributed by atoms with Crippen molar-refractivity contribution in [1.29, 1.82) is 0 Å².